The zero-order valence-electron chi connectivity index (χ0n) is 9.72. The van der Waals surface area contributed by atoms with Gasteiger partial charge >= 0.3 is 0 Å². The highest BCUT2D eigenvalue weighted by Crippen LogP contribution is 2.24. The fourth-order valence-electron chi connectivity index (χ4n) is 1.49. The average Bonchev–Trinajstić information content (AvgIpc) is 2.27. The van der Waals surface area contributed by atoms with E-state index in [1.807, 2.05) is 6.92 Å². The quantitative estimate of drug-likeness (QED) is 0.399. The van der Waals surface area contributed by atoms with Crippen molar-refractivity contribution >= 4 is 17.1 Å². The molecule has 0 saturated heterocycles. The number of benzene rings is 1. The Balaban J connectivity index is 2.63. The minimum Gasteiger partial charge on any atom is -0.397 e. The van der Waals surface area contributed by atoms with E-state index in [-0.39, 0.29) is 5.69 Å². The number of rotatable bonds is 6. The molecule has 0 spiro atoms. The molecule has 6 nitrogen and oxygen atoms in total. The number of hydrogen-bond donors (Lipinski definition) is 3. The number of non-ortho nitro benzene ring substituents is 1. The molecule has 1 aromatic carbocycles. The summed E-state index contributed by atoms with van der Waals surface area (Å²) in [7, 11) is 0. The van der Waals surface area contributed by atoms with Gasteiger partial charge in [0.25, 0.3) is 5.69 Å². The van der Waals surface area contributed by atoms with Gasteiger partial charge in [-0.25, -0.2) is 0 Å². The lowest BCUT2D eigenvalue weighted by Gasteiger charge is -2.13. The summed E-state index contributed by atoms with van der Waals surface area (Å²) in [6, 6.07) is 4.23. The van der Waals surface area contributed by atoms with Crippen LogP contribution in [0.1, 0.15) is 19.8 Å². The van der Waals surface area contributed by atoms with Crippen LogP contribution in [0.2, 0.25) is 0 Å². The van der Waals surface area contributed by atoms with Gasteiger partial charge in [-0.05, 0) is 12.5 Å². The van der Waals surface area contributed by atoms with Gasteiger partial charge in [0, 0.05) is 18.7 Å². The van der Waals surface area contributed by atoms with Gasteiger partial charge in [-0.2, -0.15) is 0 Å². The first-order chi connectivity index (χ1) is 8.04. The topological polar surface area (TPSA) is 101 Å². The second-order valence-electron chi connectivity index (χ2n) is 3.85. The maximum absolute atomic E-state index is 10.5. The van der Waals surface area contributed by atoms with E-state index in [1.165, 1.54) is 12.1 Å². The van der Waals surface area contributed by atoms with Crippen molar-refractivity contribution in [3.63, 3.8) is 0 Å². The maximum atomic E-state index is 10.5. The Morgan fingerprint density at radius 1 is 1.59 bits per heavy atom. The van der Waals surface area contributed by atoms with Crippen molar-refractivity contribution in [3.05, 3.63) is 28.3 Å². The molecule has 1 unspecified atom stereocenters. The smallest absolute Gasteiger partial charge is 0.271 e. The van der Waals surface area contributed by atoms with Gasteiger partial charge < -0.3 is 16.2 Å². The number of hydrogen-bond acceptors (Lipinski definition) is 5. The molecular weight excluding hydrogens is 222 g/mol. The third kappa shape index (κ3) is 3.92. The molecule has 1 rings (SSSR count). The van der Waals surface area contributed by atoms with E-state index < -0.39 is 11.0 Å². The molecule has 4 N–H and O–H groups in total. The van der Waals surface area contributed by atoms with Crippen LogP contribution in [0.25, 0.3) is 0 Å². The summed E-state index contributed by atoms with van der Waals surface area (Å²) in [5.74, 6) is 0. The fourth-order valence-corrected chi connectivity index (χ4v) is 1.49. The molecule has 94 valence electrons. The lowest BCUT2D eigenvalue weighted by Crippen LogP contribution is -2.19. The van der Waals surface area contributed by atoms with E-state index >= 15 is 0 Å². The molecule has 6 heteroatoms. The second-order valence-corrected chi connectivity index (χ2v) is 3.85. The fraction of sp³-hybridized carbons (Fsp3) is 0.455. The predicted octanol–water partition coefficient (Wildman–Crippen LogP) is 1.75. The number of nitrogen functional groups attached to an aromatic ring is 1. The number of anilines is 2. The van der Waals surface area contributed by atoms with Gasteiger partial charge in [-0.15, -0.1) is 0 Å². The Morgan fingerprint density at radius 2 is 2.29 bits per heavy atom. The summed E-state index contributed by atoms with van der Waals surface area (Å²) in [6.45, 7) is 2.37. The lowest BCUT2D eigenvalue weighted by molar-refractivity contribution is -0.384. The summed E-state index contributed by atoms with van der Waals surface area (Å²) in [4.78, 5) is 10.0. The summed E-state index contributed by atoms with van der Waals surface area (Å²) in [5.41, 5.74) is 6.54. The molecule has 0 radical (unpaired) electrons. The lowest BCUT2D eigenvalue weighted by atomic mass is 10.2. The monoisotopic (exact) mass is 239 g/mol. The highest BCUT2D eigenvalue weighted by molar-refractivity contribution is 5.69. The van der Waals surface area contributed by atoms with Crippen molar-refractivity contribution in [3.8, 4) is 0 Å². The number of aliphatic hydroxyl groups is 1. The van der Waals surface area contributed by atoms with Crippen molar-refractivity contribution in [2.24, 2.45) is 0 Å². The number of nitrogens with two attached hydrogens (primary N) is 1. The minimum atomic E-state index is -0.494. The van der Waals surface area contributed by atoms with Gasteiger partial charge in [0.2, 0.25) is 0 Å². The Labute approximate surface area is 99.6 Å². The third-order valence-electron chi connectivity index (χ3n) is 2.40. The van der Waals surface area contributed by atoms with Crippen molar-refractivity contribution in [1.82, 2.24) is 0 Å². The first-order valence-corrected chi connectivity index (χ1v) is 5.50. The van der Waals surface area contributed by atoms with Crippen LogP contribution in [0.4, 0.5) is 17.1 Å². The number of aliphatic hydroxyl groups excluding tert-OH is 1. The summed E-state index contributed by atoms with van der Waals surface area (Å²) < 4.78 is 0. The Hall–Kier alpha value is -1.82. The molecule has 0 aromatic heterocycles. The highest BCUT2D eigenvalue weighted by Gasteiger charge is 2.09. The normalized spacial score (nSPS) is 12.1. The molecule has 1 aromatic rings. The van der Waals surface area contributed by atoms with Crippen LogP contribution in [0.15, 0.2) is 18.2 Å². The number of nitro groups is 1. The molecule has 0 aliphatic heterocycles. The first-order valence-electron chi connectivity index (χ1n) is 5.50. The molecule has 0 fully saturated rings. The summed E-state index contributed by atoms with van der Waals surface area (Å²) >= 11 is 0. The zero-order chi connectivity index (χ0) is 12.8. The van der Waals surface area contributed by atoms with Crippen molar-refractivity contribution in [1.29, 1.82) is 0 Å². The Morgan fingerprint density at radius 3 is 2.82 bits per heavy atom. The van der Waals surface area contributed by atoms with E-state index in [1.54, 1.807) is 6.07 Å². The minimum absolute atomic E-state index is 0.0397. The van der Waals surface area contributed by atoms with Crippen LogP contribution in [0.5, 0.6) is 0 Å². The SMILES string of the molecule is CCCC(O)CNc1ccc([N+](=O)[O-])cc1N. The third-order valence-corrected chi connectivity index (χ3v) is 2.40. The summed E-state index contributed by atoms with van der Waals surface area (Å²) in [6.07, 6.45) is 1.17. The van der Waals surface area contributed by atoms with Gasteiger partial charge in [0.15, 0.2) is 0 Å². The van der Waals surface area contributed by atoms with Crippen molar-refractivity contribution < 1.29 is 10.0 Å². The number of nitrogens with one attached hydrogen (secondary N) is 1. The molecule has 0 aliphatic rings. The molecule has 0 amide bonds. The molecule has 0 bridgehead atoms. The first kappa shape index (κ1) is 13.2. The van der Waals surface area contributed by atoms with Gasteiger partial charge in [-0.1, -0.05) is 13.3 Å². The van der Waals surface area contributed by atoms with Crippen molar-refractivity contribution in [2.75, 3.05) is 17.6 Å². The van der Waals surface area contributed by atoms with E-state index in [9.17, 15) is 15.2 Å². The largest absolute Gasteiger partial charge is 0.397 e. The second kappa shape index (κ2) is 6.05. The Kier molecular flexibility index (Phi) is 4.71. The predicted molar refractivity (Wildman–Crippen MR) is 66.9 cm³/mol. The van der Waals surface area contributed by atoms with E-state index in [4.69, 9.17) is 5.73 Å². The molecule has 0 aliphatic carbocycles. The van der Waals surface area contributed by atoms with Crippen LogP contribution in [0.3, 0.4) is 0 Å². The van der Waals surface area contributed by atoms with E-state index in [0.29, 0.717) is 24.3 Å². The zero-order valence-corrected chi connectivity index (χ0v) is 9.72. The average molecular weight is 239 g/mol. The molecule has 1 atom stereocenters. The molecular formula is C11H17N3O3. The standard InChI is InChI=1S/C11H17N3O3/c1-2-3-9(15)7-13-11-5-4-8(14(16)17)6-10(11)12/h4-6,9,13,15H,2-3,7,12H2,1H3. The van der Waals surface area contributed by atoms with Gasteiger partial charge in [0.05, 0.1) is 22.4 Å². The van der Waals surface area contributed by atoms with Crippen LogP contribution < -0.4 is 11.1 Å². The van der Waals surface area contributed by atoms with Crippen LogP contribution in [-0.4, -0.2) is 22.7 Å². The van der Waals surface area contributed by atoms with Crippen LogP contribution >= 0.6 is 0 Å². The van der Waals surface area contributed by atoms with E-state index in [2.05, 4.69) is 5.32 Å². The molecule has 0 saturated carbocycles. The summed E-state index contributed by atoms with van der Waals surface area (Å²) in [5, 5.41) is 23.0. The number of nitro benzene ring substituents is 1. The van der Waals surface area contributed by atoms with Crippen LogP contribution in [-0.2, 0) is 0 Å². The Bertz CT molecular complexity index is 396. The van der Waals surface area contributed by atoms with Gasteiger partial charge in [0.1, 0.15) is 0 Å². The van der Waals surface area contributed by atoms with Gasteiger partial charge in [-0.3, -0.25) is 10.1 Å². The molecule has 17 heavy (non-hydrogen) atoms. The maximum Gasteiger partial charge on any atom is 0.271 e. The van der Waals surface area contributed by atoms with Crippen LogP contribution in [0, 0.1) is 10.1 Å². The van der Waals surface area contributed by atoms with E-state index in [0.717, 1.165) is 6.42 Å². The highest BCUT2D eigenvalue weighted by atomic mass is 16.6. The van der Waals surface area contributed by atoms with Crippen molar-refractivity contribution in [2.45, 2.75) is 25.9 Å². The molecule has 0 heterocycles. The number of nitrogens with zero attached hydrogens (tertiary/aromatic N) is 1.